The number of aryl methyl sites for hydroxylation is 1. The molecule has 3 atom stereocenters. The molecule has 1 saturated carbocycles. The van der Waals surface area contributed by atoms with Gasteiger partial charge in [0.05, 0.1) is 12.8 Å². The Kier molecular flexibility index (Phi) is 7.66. The molecule has 2 aromatic carbocycles. The van der Waals surface area contributed by atoms with Gasteiger partial charge in [-0.25, -0.2) is 9.37 Å². The van der Waals surface area contributed by atoms with E-state index in [9.17, 15) is 14.4 Å². The molecule has 0 spiro atoms. The molecule has 2 aliphatic carbocycles. The number of carbonyl (C=O) groups is 3. The van der Waals surface area contributed by atoms with Crippen molar-refractivity contribution in [3.05, 3.63) is 88.4 Å². The summed E-state index contributed by atoms with van der Waals surface area (Å²) in [6.07, 6.45) is 2.74. The Bertz CT molecular complexity index is 1570. The number of pyridine rings is 1. The van der Waals surface area contributed by atoms with Gasteiger partial charge in [-0.15, -0.1) is 0 Å². The second-order valence-electron chi connectivity index (χ2n) is 12.4. The van der Waals surface area contributed by atoms with Crippen LogP contribution in [-0.2, 0) is 44.0 Å². The third kappa shape index (κ3) is 5.85. The lowest BCUT2D eigenvalue weighted by molar-refractivity contribution is -0.146. The third-order valence-corrected chi connectivity index (χ3v) is 8.97. The number of nitrogens with zero attached hydrogens (tertiary/aromatic N) is 2. The first-order valence-corrected chi connectivity index (χ1v) is 14.8. The number of esters is 1. The molecular weight excluding hydrogens is 549 g/mol. The maximum Gasteiger partial charge on any atom is 0.306 e. The minimum Gasteiger partial charge on any atom is -0.481 e. The number of ether oxygens (including phenoxy) is 2. The number of hydrogen-bond acceptors (Lipinski definition) is 6. The van der Waals surface area contributed by atoms with Gasteiger partial charge < -0.3 is 19.7 Å². The predicted molar refractivity (Wildman–Crippen MR) is 158 cm³/mol. The second kappa shape index (κ2) is 11.4. The lowest BCUT2D eigenvalue weighted by Gasteiger charge is -2.36. The fourth-order valence-electron chi connectivity index (χ4n) is 6.57. The topological polar surface area (TPSA) is 97.8 Å². The van der Waals surface area contributed by atoms with Crippen LogP contribution >= 0.6 is 0 Å². The molecule has 8 nitrogen and oxygen atoms in total. The van der Waals surface area contributed by atoms with Crippen LogP contribution in [-0.4, -0.2) is 41.3 Å². The summed E-state index contributed by atoms with van der Waals surface area (Å²) < 4.78 is 25.9. The van der Waals surface area contributed by atoms with Gasteiger partial charge in [0.1, 0.15) is 18.5 Å². The number of anilines is 1. The zero-order valence-corrected chi connectivity index (χ0v) is 24.7. The summed E-state index contributed by atoms with van der Waals surface area (Å²) in [7, 11) is 1.53. The number of amides is 2. The van der Waals surface area contributed by atoms with E-state index < -0.39 is 11.9 Å². The summed E-state index contributed by atoms with van der Waals surface area (Å²) in [6, 6.07) is 15.1. The first kappa shape index (κ1) is 28.8. The molecule has 1 aliphatic heterocycles. The number of methoxy groups -OCH3 is 1. The number of benzene rings is 2. The van der Waals surface area contributed by atoms with E-state index in [-0.39, 0.29) is 48.0 Å². The molecule has 2 heterocycles. The molecule has 1 fully saturated rings. The zero-order valence-electron chi connectivity index (χ0n) is 24.7. The normalized spacial score (nSPS) is 21.4. The Morgan fingerprint density at radius 2 is 1.88 bits per heavy atom. The minimum atomic E-state index is -0.950. The van der Waals surface area contributed by atoms with E-state index in [0.717, 1.165) is 24.0 Å². The van der Waals surface area contributed by atoms with E-state index in [2.05, 4.69) is 10.3 Å². The van der Waals surface area contributed by atoms with Gasteiger partial charge in [0.15, 0.2) is 0 Å². The van der Waals surface area contributed by atoms with Gasteiger partial charge in [0, 0.05) is 42.6 Å². The molecule has 1 aromatic heterocycles. The highest BCUT2D eigenvalue weighted by Crippen LogP contribution is 2.45. The van der Waals surface area contributed by atoms with Crippen LogP contribution < -0.4 is 10.1 Å². The van der Waals surface area contributed by atoms with Crippen LogP contribution in [0.3, 0.4) is 0 Å². The Morgan fingerprint density at radius 1 is 1.09 bits per heavy atom. The largest absolute Gasteiger partial charge is 0.481 e. The number of fused-ring (bicyclic) bond motifs is 2. The monoisotopic (exact) mass is 585 g/mol. The Hall–Kier alpha value is -4.27. The molecule has 6 rings (SSSR count). The van der Waals surface area contributed by atoms with E-state index in [1.54, 1.807) is 17.0 Å². The molecular formula is C34H36FN3O5. The van der Waals surface area contributed by atoms with Crippen molar-refractivity contribution in [3.63, 3.8) is 0 Å². The molecule has 2 amide bonds. The number of halogens is 1. The van der Waals surface area contributed by atoms with E-state index >= 15 is 4.39 Å². The van der Waals surface area contributed by atoms with Gasteiger partial charge in [-0.2, -0.15) is 0 Å². The average Bonchev–Trinajstić information content (AvgIpc) is 3.69. The standard InChI is InChI=1S/C34H36FN3O5/c1-34(2)13-11-21-15-23(18-26(35)30(21)34)36-32(40)31-24-9-10-28(42-3)37-27(24)12-14-38(31)33(41)25-16-22(25)17-29(39)43-19-20-7-5-4-6-8-20/h4-10,15,18,22,25,31H,11-14,16-17,19H2,1-3H3,(H,36,40)/t22-,25+,31?/m1/s1. The number of hydrogen-bond donors (Lipinski definition) is 1. The summed E-state index contributed by atoms with van der Waals surface area (Å²) in [5, 5.41) is 2.89. The van der Waals surface area contributed by atoms with Gasteiger partial charge in [-0.05, 0) is 65.5 Å². The molecule has 43 heavy (non-hydrogen) atoms. The van der Waals surface area contributed by atoms with Crippen molar-refractivity contribution < 1.29 is 28.2 Å². The van der Waals surface area contributed by atoms with Crippen LogP contribution in [0.15, 0.2) is 54.6 Å². The molecule has 224 valence electrons. The van der Waals surface area contributed by atoms with Gasteiger partial charge in [0.2, 0.25) is 11.8 Å². The van der Waals surface area contributed by atoms with Crippen molar-refractivity contribution in [1.29, 1.82) is 0 Å². The Morgan fingerprint density at radius 3 is 2.65 bits per heavy atom. The Labute approximate surface area is 250 Å². The summed E-state index contributed by atoms with van der Waals surface area (Å²) >= 11 is 0. The van der Waals surface area contributed by atoms with E-state index in [4.69, 9.17) is 9.47 Å². The summed E-state index contributed by atoms with van der Waals surface area (Å²) in [4.78, 5) is 46.3. The molecule has 0 bridgehead atoms. The van der Waals surface area contributed by atoms with Crippen LogP contribution in [0.5, 0.6) is 5.88 Å². The SMILES string of the molecule is COc1ccc2c(n1)CCN(C(=O)[C@H]1C[C@@H]1CC(=O)OCc1ccccc1)C2C(=O)Nc1cc(F)c2c(c1)CCC2(C)C. The molecule has 0 saturated heterocycles. The summed E-state index contributed by atoms with van der Waals surface area (Å²) in [5.74, 6) is -1.37. The molecule has 1 unspecified atom stereocenters. The van der Waals surface area contributed by atoms with Crippen LogP contribution in [0.2, 0.25) is 0 Å². The lowest BCUT2D eigenvalue weighted by atomic mass is 9.86. The molecule has 1 N–H and O–H groups in total. The van der Waals surface area contributed by atoms with Crippen molar-refractivity contribution in [2.24, 2.45) is 11.8 Å². The van der Waals surface area contributed by atoms with Crippen molar-refractivity contribution in [2.45, 2.75) is 64.0 Å². The quantitative estimate of drug-likeness (QED) is 0.361. The van der Waals surface area contributed by atoms with E-state index in [0.29, 0.717) is 47.8 Å². The lowest BCUT2D eigenvalue weighted by Crippen LogP contribution is -2.46. The van der Waals surface area contributed by atoms with Crippen molar-refractivity contribution in [2.75, 3.05) is 19.0 Å². The number of carbonyl (C=O) groups excluding carboxylic acids is 3. The van der Waals surface area contributed by atoms with Crippen LogP contribution in [0, 0.1) is 17.7 Å². The van der Waals surface area contributed by atoms with Gasteiger partial charge in [-0.1, -0.05) is 44.2 Å². The molecule has 3 aromatic rings. The Balaban J connectivity index is 1.19. The highest BCUT2D eigenvalue weighted by Gasteiger charge is 2.49. The second-order valence-corrected chi connectivity index (χ2v) is 12.4. The highest BCUT2D eigenvalue weighted by molar-refractivity contribution is 5.99. The first-order chi connectivity index (χ1) is 20.6. The van der Waals surface area contributed by atoms with Gasteiger partial charge in [-0.3, -0.25) is 14.4 Å². The third-order valence-electron chi connectivity index (χ3n) is 8.97. The van der Waals surface area contributed by atoms with Crippen molar-refractivity contribution in [3.8, 4) is 5.88 Å². The zero-order chi connectivity index (χ0) is 30.3. The summed E-state index contributed by atoms with van der Waals surface area (Å²) in [5.41, 5.74) is 3.89. The average molecular weight is 586 g/mol. The number of rotatable bonds is 8. The first-order valence-electron chi connectivity index (χ1n) is 14.8. The maximum absolute atomic E-state index is 15.2. The smallest absolute Gasteiger partial charge is 0.306 e. The minimum absolute atomic E-state index is 0.135. The molecule has 3 aliphatic rings. The van der Waals surface area contributed by atoms with E-state index in [1.807, 2.05) is 50.2 Å². The van der Waals surface area contributed by atoms with Crippen molar-refractivity contribution >= 4 is 23.5 Å². The van der Waals surface area contributed by atoms with Gasteiger partial charge in [0.25, 0.3) is 5.91 Å². The molecule has 9 heteroatoms. The molecule has 0 radical (unpaired) electrons. The van der Waals surface area contributed by atoms with Crippen molar-refractivity contribution in [1.82, 2.24) is 9.88 Å². The summed E-state index contributed by atoms with van der Waals surface area (Å²) in [6.45, 7) is 4.53. The number of nitrogens with one attached hydrogen (secondary N) is 1. The number of aromatic nitrogens is 1. The van der Waals surface area contributed by atoms with Crippen LogP contribution in [0.4, 0.5) is 10.1 Å². The maximum atomic E-state index is 15.2. The van der Waals surface area contributed by atoms with E-state index in [1.165, 1.54) is 13.2 Å². The van der Waals surface area contributed by atoms with Gasteiger partial charge >= 0.3 is 5.97 Å². The highest BCUT2D eigenvalue weighted by atomic mass is 19.1. The van der Waals surface area contributed by atoms with Crippen LogP contribution in [0.1, 0.15) is 67.1 Å². The fourth-order valence-corrected chi connectivity index (χ4v) is 6.57. The fraction of sp³-hybridized carbons (Fsp3) is 0.412. The van der Waals surface area contributed by atoms with Crippen LogP contribution in [0.25, 0.3) is 0 Å². The predicted octanol–water partition coefficient (Wildman–Crippen LogP) is 5.29.